The van der Waals surface area contributed by atoms with Gasteiger partial charge in [0, 0.05) is 6.54 Å². The lowest BCUT2D eigenvalue weighted by Crippen LogP contribution is -2.44. The number of amides is 2. The predicted octanol–water partition coefficient (Wildman–Crippen LogP) is 4.84. The van der Waals surface area contributed by atoms with Crippen LogP contribution in [0.15, 0.2) is 46.2 Å². The van der Waals surface area contributed by atoms with Crippen LogP contribution < -0.4 is 9.47 Å². The molecule has 1 unspecified atom stereocenters. The van der Waals surface area contributed by atoms with Crippen molar-refractivity contribution < 1.29 is 39.2 Å². The number of carboxylic acids is 1. The summed E-state index contributed by atoms with van der Waals surface area (Å²) in [7, 11) is 2.84. The molecule has 0 spiro atoms. The zero-order valence-electron chi connectivity index (χ0n) is 22.4. The van der Waals surface area contributed by atoms with Gasteiger partial charge in [-0.15, -0.1) is 0 Å². The number of hydrogen-bond acceptors (Lipinski definition) is 11. The van der Waals surface area contributed by atoms with Crippen molar-refractivity contribution in [1.82, 2.24) is 9.80 Å². The van der Waals surface area contributed by atoms with Gasteiger partial charge in [-0.25, -0.2) is 4.79 Å². The first-order valence-corrected chi connectivity index (χ1v) is 15.0. The number of unbranched alkanes of at least 4 members (excludes halogenated alkanes) is 1. The summed E-state index contributed by atoms with van der Waals surface area (Å²) in [5.41, 5.74) is 1.25. The van der Waals surface area contributed by atoms with E-state index < -0.39 is 17.9 Å². The Hall–Kier alpha value is -3.59. The Morgan fingerprint density at radius 1 is 0.881 bits per heavy atom. The number of benzene rings is 2. The molecule has 2 amide bonds. The van der Waals surface area contributed by atoms with E-state index in [4.69, 9.17) is 33.9 Å². The summed E-state index contributed by atoms with van der Waals surface area (Å²) in [6.07, 6.45) is 4.21. The van der Waals surface area contributed by atoms with Crippen LogP contribution in [0.3, 0.4) is 0 Å². The van der Waals surface area contributed by atoms with Crippen molar-refractivity contribution in [3.8, 4) is 23.0 Å². The summed E-state index contributed by atoms with van der Waals surface area (Å²) in [6, 6.07) is 8.16. The first-order chi connectivity index (χ1) is 20.0. The van der Waals surface area contributed by atoms with Gasteiger partial charge in [-0.1, -0.05) is 60.1 Å². The molecule has 0 saturated carbocycles. The SMILES string of the molecule is COc1cc(/C=C2/SC(=S)N(CCCCC(C(=O)O)N3C(=O)/C(=C\c4ccc(O)c(OC)c4)SC3=S)C2=O)ccc1O. The van der Waals surface area contributed by atoms with E-state index >= 15 is 0 Å². The minimum atomic E-state index is -1.18. The second-order valence-corrected chi connectivity index (χ2v) is 12.4. The highest BCUT2D eigenvalue weighted by Gasteiger charge is 2.40. The van der Waals surface area contributed by atoms with Gasteiger partial charge in [0.2, 0.25) is 0 Å². The fraction of sp³-hybridized carbons (Fsp3) is 0.250. The van der Waals surface area contributed by atoms with Crippen molar-refractivity contribution in [2.45, 2.75) is 25.3 Å². The highest BCUT2D eigenvalue weighted by Crippen LogP contribution is 2.37. The normalized spacial score (nSPS) is 18.0. The molecule has 2 saturated heterocycles. The summed E-state index contributed by atoms with van der Waals surface area (Å²) < 4.78 is 10.7. The molecule has 3 N–H and O–H groups in total. The highest BCUT2D eigenvalue weighted by atomic mass is 32.2. The predicted molar refractivity (Wildman–Crippen MR) is 169 cm³/mol. The van der Waals surface area contributed by atoms with Crippen LogP contribution in [0.4, 0.5) is 0 Å². The number of rotatable bonds is 11. The number of thioether (sulfide) groups is 2. The smallest absolute Gasteiger partial charge is 0.326 e. The lowest BCUT2D eigenvalue weighted by Gasteiger charge is -2.23. The van der Waals surface area contributed by atoms with Crippen LogP contribution in [-0.2, 0) is 14.4 Å². The molecular weight excluding hydrogens is 621 g/mol. The fourth-order valence-electron chi connectivity index (χ4n) is 4.28. The van der Waals surface area contributed by atoms with E-state index in [0.29, 0.717) is 33.2 Å². The number of nitrogens with zero attached hydrogens (tertiary/aromatic N) is 2. The zero-order valence-corrected chi connectivity index (χ0v) is 25.7. The number of hydrogen-bond donors (Lipinski definition) is 3. The maximum Gasteiger partial charge on any atom is 0.326 e. The van der Waals surface area contributed by atoms with Gasteiger partial charge in [-0.3, -0.25) is 19.4 Å². The number of aromatic hydroxyl groups is 2. The van der Waals surface area contributed by atoms with Crippen LogP contribution in [0.25, 0.3) is 12.2 Å². The standard InChI is InChI=1S/C28H26N2O8S4/c1-37-20-11-15(6-8-18(20)31)13-22-24(33)29(27(39)41-22)10-4-3-5-17(26(35)36)30-25(34)23(42-28(30)40)14-16-7-9-19(32)21(12-16)38-2/h6-9,11-14,17,31-32H,3-5,10H2,1-2H3,(H,35,36)/b22-13+,23-14+. The number of carbonyl (C=O) groups excluding carboxylic acids is 2. The van der Waals surface area contributed by atoms with E-state index in [0.717, 1.165) is 28.4 Å². The first kappa shape index (κ1) is 31.3. The second-order valence-electron chi connectivity index (χ2n) is 9.10. The Morgan fingerprint density at radius 3 is 1.93 bits per heavy atom. The third-order valence-corrected chi connectivity index (χ3v) is 9.11. The maximum absolute atomic E-state index is 13.2. The fourth-order valence-corrected chi connectivity index (χ4v) is 6.95. The number of methoxy groups -OCH3 is 2. The molecule has 220 valence electrons. The van der Waals surface area contributed by atoms with Crippen LogP contribution in [0.1, 0.15) is 30.4 Å². The Balaban J connectivity index is 1.37. The zero-order chi connectivity index (χ0) is 30.6. The molecular formula is C28H26N2O8S4. The maximum atomic E-state index is 13.2. The lowest BCUT2D eigenvalue weighted by atomic mass is 10.1. The number of carbonyl (C=O) groups is 3. The number of phenols is 2. The quantitative estimate of drug-likeness (QED) is 0.175. The average molecular weight is 647 g/mol. The molecule has 2 aromatic carbocycles. The second kappa shape index (κ2) is 13.6. The highest BCUT2D eigenvalue weighted by molar-refractivity contribution is 8.27. The molecule has 1 atom stereocenters. The van der Waals surface area contributed by atoms with Crippen molar-refractivity contribution in [3.05, 3.63) is 57.3 Å². The average Bonchev–Trinajstić information content (AvgIpc) is 3.38. The topological polar surface area (TPSA) is 137 Å². The van der Waals surface area contributed by atoms with E-state index in [9.17, 15) is 29.7 Å². The van der Waals surface area contributed by atoms with Crippen molar-refractivity contribution in [2.24, 2.45) is 0 Å². The van der Waals surface area contributed by atoms with Gasteiger partial charge in [0.25, 0.3) is 11.8 Å². The Labute approximate surface area is 261 Å². The van der Waals surface area contributed by atoms with Gasteiger partial charge in [-0.2, -0.15) is 0 Å². The summed E-state index contributed by atoms with van der Waals surface area (Å²) in [6.45, 7) is 0.286. The van der Waals surface area contributed by atoms with Crippen molar-refractivity contribution >= 4 is 86.5 Å². The van der Waals surface area contributed by atoms with Crippen molar-refractivity contribution in [2.75, 3.05) is 20.8 Å². The number of carboxylic acid groups (broad SMARTS) is 1. The van der Waals surface area contributed by atoms with E-state index in [1.165, 1.54) is 31.3 Å². The van der Waals surface area contributed by atoms with Crippen LogP contribution in [0, 0.1) is 0 Å². The largest absolute Gasteiger partial charge is 0.504 e. The third kappa shape index (κ3) is 6.89. The first-order valence-electron chi connectivity index (χ1n) is 12.5. The van der Waals surface area contributed by atoms with Crippen LogP contribution >= 0.6 is 48.0 Å². The monoisotopic (exact) mass is 646 g/mol. The van der Waals surface area contributed by atoms with E-state index in [1.54, 1.807) is 36.4 Å². The molecule has 0 aliphatic carbocycles. The molecule has 42 heavy (non-hydrogen) atoms. The van der Waals surface area contributed by atoms with E-state index in [1.807, 2.05) is 0 Å². The van der Waals surface area contributed by atoms with Crippen molar-refractivity contribution in [3.63, 3.8) is 0 Å². The van der Waals surface area contributed by atoms with Gasteiger partial charge < -0.3 is 24.8 Å². The summed E-state index contributed by atoms with van der Waals surface area (Å²) in [5, 5.41) is 29.5. The Morgan fingerprint density at radius 2 is 1.40 bits per heavy atom. The van der Waals surface area contributed by atoms with E-state index in [-0.39, 0.29) is 51.1 Å². The summed E-state index contributed by atoms with van der Waals surface area (Å²) in [5.74, 6) is -1.51. The molecule has 0 bridgehead atoms. The van der Waals surface area contributed by atoms with Crippen LogP contribution in [0.2, 0.25) is 0 Å². The molecule has 2 fully saturated rings. The third-order valence-electron chi connectivity index (χ3n) is 6.41. The van der Waals surface area contributed by atoms with Gasteiger partial charge >= 0.3 is 5.97 Å². The van der Waals surface area contributed by atoms with E-state index in [2.05, 4.69) is 0 Å². The van der Waals surface area contributed by atoms with Crippen LogP contribution in [0.5, 0.6) is 23.0 Å². The molecule has 2 heterocycles. The molecule has 4 rings (SSSR count). The van der Waals surface area contributed by atoms with Crippen LogP contribution in [-0.4, -0.2) is 78.4 Å². The molecule has 2 aromatic rings. The molecule has 2 aliphatic heterocycles. The summed E-state index contributed by atoms with van der Waals surface area (Å²) in [4.78, 5) is 41.6. The Kier molecular flexibility index (Phi) is 10.1. The lowest BCUT2D eigenvalue weighted by molar-refractivity contribution is -0.145. The van der Waals surface area contributed by atoms with Gasteiger partial charge in [0.05, 0.1) is 24.0 Å². The molecule has 2 aliphatic rings. The number of phenolic OH excluding ortho intramolecular Hbond substituents is 2. The minimum Gasteiger partial charge on any atom is -0.504 e. The number of aliphatic carboxylic acids is 1. The Bertz CT molecular complexity index is 1520. The molecule has 14 heteroatoms. The van der Waals surface area contributed by atoms with Gasteiger partial charge in [0.15, 0.2) is 23.0 Å². The number of ether oxygens (including phenoxy) is 2. The molecule has 10 nitrogen and oxygen atoms in total. The van der Waals surface area contributed by atoms with Crippen molar-refractivity contribution in [1.29, 1.82) is 0 Å². The molecule has 0 aromatic heterocycles. The number of thiocarbonyl (C=S) groups is 2. The van der Waals surface area contributed by atoms with Gasteiger partial charge in [-0.05, 0) is 66.8 Å². The minimum absolute atomic E-state index is 0.0119. The van der Waals surface area contributed by atoms with Gasteiger partial charge in [0.1, 0.15) is 14.7 Å². The molecule has 0 radical (unpaired) electrons. The summed E-state index contributed by atoms with van der Waals surface area (Å²) >= 11 is 12.9.